The number of hydrogen-bond donors (Lipinski definition) is 0. The van der Waals surface area contributed by atoms with Crippen LogP contribution in [0.4, 0.5) is 103 Å². The number of furan rings is 1. The van der Waals surface area contributed by atoms with Crippen LogP contribution in [-0.2, 0) is 0 Å². The summed E-state index contributed by atoms with van der Waals surface area (Å²) < 4.78 is 8.75. The van der Waals surface area contributed by atoms with Gasteiger partial charge in [-0.25, -0.2) is 19.9 Å². The molecular formula is C128H80N14OS. The summed E-state index contributed by atoms with van der Waals surface area (Å²) >= 11 is 1.85. The number of nitrogens with zero attached hydrogens (tertiary/aromatic N) is 14. The van der Waals surface area contributed by atoms with Gasteiger partial charge < -0.3 is 19.1 Å². The molecule has 0 aliphatic carbocycles. The second-order valence-electron chi connectivity index (χ2n) is 36.1. The van der Waals surface area contributed by atoms with E-state index in [1.807, 2.05) is 145 Å². The normalized spacial score (nSPS) is 12.5. The van der Waals surface area contributed by atoms with Gasteiger partial charge in [-0.1, -0.05) is 388 Å². The topological polar surface area (TPSA) is 136 Å². The van der Waals surface area contributed by atoms with Crippen molar-refractivity contribution in [3.63, 3.8) is 0 Å². The van der Waals surface area contributed by atoms with Crippen molar-refractivity contribution in [3.05, 3.63) is 485 Å². The van der Waals surface area contributed by atoms with Crippen LogP contribution in [0.25, 0.3) is 163 Å². The van der Waals surface area contributed by atoms with Gasteiger partial charge in [0.15, 0.2) is 23.3 Å². The fourth-order valence-corrected chi connectivity index (χ4v) is 22.5. The Kier molecular flexibility index (Phi) is 19.7. The summed E-state index contributed by atoms with van der Waals surface area (Å²) in [4.78, 5) is 55.2. The number of para-hydroxylation sites is 3. The van der Waals surface area contributed by atoms with Gasteiger partial charge in [-0.15, -0.1) is 11.3 Å². The Hall–Kier alpha value is -19.4. The van der Waals surface area contributed by atoms with E-state index in [1.165, 1.54) is 25.6 Å². The highest BCUT2D eigenvalue weighted by molar-refractivity contribution is 7.26. The van der Waals surface area contributed by atoms with Crippen molar-refractivity contribution in [2.45, 2.75) is 0 Å². The average molecular weight is 1860 g/mol. The standard InChI is InChI=1S/C47H29N5S.C41H27N5.C40H24N4O/c1-3-16-32(17-4-1)45-48-46(33-18-5-2-6-19-33)50-47(49-45)52-39-29-27-30-14-7-9-20-34(30)42(39)51(38-28-26-31-15-8-10-21-35(31)43(38)52)40-24-13-23-37-36-22-11-12-25-41(36)53-44(37)40;1-4-16-30(17-5-1)39-42-40(31-18-6-2-7-19-31)44-41(43-39)46-36-27-25-28-14-10-12-22-33(28)37(36)45(32-20-8-3-9-21-32)35-26-24-29-15-11-13-23-34(29)38(35)46;1-4-12-29-25(9-1)18-21-35-38(29)43(28-19-22-37-32(23-28)31-14-6-8-16-36(31)45-37)34-20-17-26-10-2-5-13-30(26)39(34)44(35)40-41-24-27-11-3-7-15-33(27)42-40/h1-29H;1-27H;1-24H. The summed E-state index contributed by atoms with van der Waals surface area (Å²) in [5.41, 5.74) is 22.2. The minimum absolute atomic E-state index is 0.562. The third kappa shape index (κ3) is 13.9. The average Bonchev–Trinajstić information content (AvgIpc) is 0.776. The monoisotopic (exact) mass is 1860 g/mol. The third-order valence-electron chi connectivity index (χ3n) is 27.8. The molecule has 30 rings (SSSR count). The Balaban J connectivity index is 0.000000105. The van der Waals surface area contributed by atoms with E-state index in [4.69, 9.17) is 44.3 Å². The molecule has 0 saturated carbocycles. The third-order valence-corrected chi connectivity index (χ3v) is 29.0. The van der Waals surface area contributed by atoms with Crippen molar-refractivity contribution in [1.82, 2.24) is 39.9 Å². The first-order valence-electron chi connectivity index (χ1n) is 48.2. The largest absolute Gasteiger partial charge is 0.456 e. The molecule has 16 heteroatoms. The molecule has 0 spiro atoms. The molecule has 3 aliphatic heterocycles. The van der Waals surface area contributed by atoms with Crippen LogP contribution in [-0.4, -0.2) is 39.9 Å². The van der Waals surface area contributed by atoms with Crippen molar-refractivity contribution in [1.29, 1.82) is 0 Å². The molecule has 0 bridgehead atoms. The van der Waals surface area contributed by atoms with Gasteiger partial charge in [0.25, 0.3) is 0 Å². The molecule has 0 saturated heterocycles. The fraction of sp³-hybridized carbons (Fsp3) is 0. The zero-order valence-electron chi connectivity index (χ0n) is 77.3. The maximum absolute atomic E-state index is 6.23. The van der Waals surface area contributed by atoms with E-state index < -0.39 is 0 Å². The van der Waals surface area contributed by atoms with Gasteiger partial charge >= 0.3 is 0 Å². The van der Waals surface area contributed by atoms with E-state index in [0.29, 0.717) is 41.1 Å². The first-order valence-corrected chi connectivity index (χ1v) is 49.0. The zero-order chi connectivity index (χ0) is 94.8. The molecule has 0 radical (unpaired) electrons. The molecule has 15 nitrogen and oxygen atoms in total. The van der Waals surface area contributed by atoms with Crippen LogP contribution in [0.2, 0.25) is 0 Å². The summed E-state index contributed by atoms with van der Waals surface area (Å²) in [6.45, 7) is 0. The molecule has 8 heterocycles. The maximum Gasteiger partial charge on any atom is 0.238 e. The molecule has 144 heavy (non-hydrogen) atoms. The van der Waals surface area contributed by atoms with Crippen LogP contribution >= 0.6 is 11.3 Å². The Morgan fingerprint density at radius 1 is 0.188 bits per heavy atom. The summed E-state index contributed by atoms with van der Waals surface area (Å²) in [5.74, 6) is 4.25. The summed E-state index contributed by atoms with van der Waals surface area (Å²) in [6.07, 6.45) is 1.92. The molecule has 3 aliphatic rings. The number of anilines is 18. The molecule has 22 aromatic carbocycles. The van der Waals surface area contributed by atoms with E-state index in [0.717, 1.165) is 200 Å². The van der Waals surface area contributed by atoms with Gasteiger partial charge in [0, 0.05) is 104 Å². The van der Waals surface area contributed by atoms with E-state index in [-0.39, 0.29) is 0 Å². The number of rotatable bonds is 10. The van der Waals surface area contributed by atoms with Crippen molar-refractivity contribution in [3.8, 4) is 45.6 Å². The molecule has 0 fully saturated rings. The smallest absolute Gasteiger partial charge is 0.238 e. The van der Waals surface area contributed by atoms with Gasteiger partial charge in [0.2, 0.25) is 17.8 Å². The van der Waals surface area contributed by atoms with Crippen LogP contribution in [0.3, 0.4) is 0 Å². The number of thiophene rings is 1. The van der Waals surface area contributed by atoms with Gasteiger partial charge in [-0.3, -0.25) is 14.7 Å². The van der Waals surface area contributed by atoms with E-state index in [2.05, 4.69) is 381 Å². The SMILES string of the molecule is c1ccc(-c2nc(-c3ccccc3)nc(N3c4ccc5ccccc5c4N(c4cccc5c4sc4ccccc45)c4ccc5ccccc5c43)n2)cc1.c1ccc(-c2nc(-c3ccccc3)nc(N3c4ccc5ccccc5c4N(c4ccccc4)c4ccc5ccccc5c43)n2)cc1.c1ccc2nc(N3c4ccc5ccccc5c4N(c4ccc5oc6ccccc6c5c4)c4ccc5ccccc5c43)ncc2c1. The highest BCUT2D eigenvalue weighted by Crippen LogP contribution is 2.63. The lowest BCUT2D eigenvalue weighted by atomic mass is 9.97. The van der Waals surface area contributed by atoms with E-state index in [1.54, 1.807) is 0 Å². The quantitative estimate of drug-likeness (QED) is 0.128. The minimum Gasteiger partial charge on any atom is -0.456 e. The van der Waals surface area contributed by atoms with Gasteiger partial charge in [0.05, 0.1) is 84.2 Å². The van der Waals surface area contributed by atoms with Crippen LogP contribution < -0.4 is 29.4 Å². The molecule has 5 aromatic heterocycles. The second kappa shape index (κ2) is 34.3. The molecule has 0 unspecified atom stereocenters. The highest BCUT2D eigenvalue weighted by atomic mass is 32.1. The van der Waals surface area contributed by atoms with E-state index in [9.17, 15) is 0 Å². The Morgan fingerprint density at radius 3 is 0.944 bits per heavy atom. The zero-order valence-corrected chi connectivity index (χ0v) is 78.1. The van der Waals surface area contributed by atoms with Crippen LogP contribution in [0, 0.1) is 0 Å². The Labute approximate surface area is 831 Å². The maximum atomic E-state index is 6.23. The van der Waals surface area contributed by atoms with Crippen LogP contribution in [0.1, 0.15) is 0 Å². The first kappa shape index (κ1) is 82.8. The molecular weight excluding hydrogens is 1780 g/mol. The number of hydrogen-bond acceptors (Lipinski definition) is 16. The molecule has 0 N–H and O–H groups in total. The predicted molar refractivity (Wildman–Crippen MR) is 595 cm³/mol. The van der Waals surface area contributed by atoms with Gasteiger partial charge in [-0.05, 0) is 123 Å². The van der Waals surface area contributed by atoms with Crippen molar-refractivity contribution < 1.29 is 4.42 Å². The second-order valence-corrected chi connectivity index (χ2v) is 37.1. The van der Waals surface area contributed by atoms with Gasteiger partial charge in [0.1, 0.15) is 11.2 Å². The van der Waals surface area contributed by atoms with Crippen LogP contribution in [0.15, 0.2) is 490 Å². The molecule has 27 aromatic rings. The number of aromatic nitrogens is 8. The number of benzene rings is 22. The lowest BCUT2D eigenvalue weighted by Gasteiger charge is -2.41. The summed E-state index contributed by atoms with van der Waals surface area (Å²) in [6, 6.07) is 168. The van der Waals surface area contributed by atoms with Gasteiger partial charge in [-0.2, -0.15) is 19.9 Å². The summed E-state index contributed by atoms with van der Waals surface area (Å²) in [5, 5.41) is 19.5. The lowest BCUT2D eigenvalue weighted by molar-refractivity contribution is 0.669. The highest BCUT2D eigenvalue weighted by Gasteiger charge is 2.41. The molecule has 674 valence electrons. The number of fused-ring (bicyclic) bond motifs is 25. The fourth-order valence-electron chi connectivity index (χ4n) is 21.3. The lowest BCUT2D eigenvalue weighted by Crippen LogP contribution is -2.26. The Morgan fingerprint density at radius 2 is 0.507 bits per heavy atom. The van der Waals surface area contributed by atoms with Crippen LogP contribution in [0.5, 0.6) is 0 Å². The molecule has 0 amide bonds. The van der Waals surface area contributed by atoms with Crippen molar-refractivity contribution in [2.75, 3.05) is 29.4 Å². The predicted octanol–water partition coefficient (Wildman–Crippen LogP) is 35.0. The first-order chi connectivity index (χ1) is 71.4. The summed E-state index contributed by atoms with van der Waals surface area (Å²) in [7, 11) is 0. The van der Waals surface area contributed by atoms with Crippen molar-refractivity contribution in [2.24, 2.45) is 0 Å². The Bertz CT molecular complexity index is 9700. The van der Waals surface area contributed by atoms with E-state index >= 15 is 0 Å². The van der Waals surface area contributed by atoms with Crippen molar-refractivity contribution >= 4 is 232 Å². The molecule has 0 atom stereocenters. The minimum atomic E-state index is 0.562.